The Kier molecular flexibility index (Phi) is 6.97. The fraction of sp³-hybridized carbons (Fsp3) is 0.200. The molecule has 0 fully saturated rings. The van der Waals surface area contributed by atoms with Gasteiger partial charge in [0.25, 0.3) is 0 Å². The number of nitrogens with one attached hydrogen (secondary N) is 2. The molecular weight excluding hydrogens is 424 g/mol. The van der Waals surface area contributed by atoms with Crippen molar-refractivity contribution in [2.75, 3.05) is 17.4 Å². The summed E-state index contributed by atoms with van der Waals surface area (Å²) in [6.45, 7) is 2.17. The summed E-state index contributed by atoms with van der Waals surface area (Å²) in [5, 5.41) is 5.61. The standard InChI is InChI=1S/C25H24N2O4S/c1-2-23(25(29)27-19-11-12-21-22(15-19)31-16-30-21)32-20-10-6-9-18(14-20)26-24(28)13-17-7-4-3-5-8-17/h3-12,14-15,23H,2,13,16H2,1H3,(H,26,28)(H,27,29). The Labute approximate surface area is 191 Å². The first-order chi connectivity index (χ1) is 15.6. The summed E-state index contributed by atoms with van der Waals surface area (Å²) < 4.78 is 10.7. The molecule has 2 N–H and O–H groups in total. The van der Waals surface area contributed by atoms with Crippen LogP contribution in [0.4, 0.5) is 11.4 Å². The van der Waals surface area contributed by atoms with Gasteiger partial charge in [0.15, 0.2) is 11.5 Å². The van der Waals surface area contributed by atoms with Gasteiger partial charge in [-0.3, -0.25) is 9.59 Å². The molecular formula is C25H24N2O4S. The SMILES string of the molecule is CCC(Sc1cccc(NC(=O)Cc2ccccc2)c1)C(=O)Nc1ccc2c(c1)OCO2. The van der Waals surface area contributed by atoms with Crippen molar-refractivity contribution in [3.63, 3.8) is 0 Å². The average Bonchev–Trinajstić information content (AvgIpc) is 3.26. The summed E-state index contributed by atoms with van der Waals surface area (Å²) in [6.07, 6.45) is 0.972. The van der Waals surface area contributed by atoms with E-state index in [2.05, 4.69) is 10.6 Å². The summed E-state index contributed by atoms with van der Waals surface area (Å²) in [6, 6.07) is 22.5. The fourth-order valence-electron chi connectivity index (χ4n) is 3.32. The normalized spacial score (nSPS) is 12.8. The van der Waals surface area contributed by atoms with Crippen molar-refractivity contribution < 1.29 is 19.1 Å². The fourth-order valence-corrected chi connectivity index (χ4v) is 4.33. The molecule has 32 heavy (non-hydrogen) atoms. The molecule has 7 heteroatoms. The van der Waals surface area contributed by atoms with E-state index >= 15 is 0 Å². The van der Waals surface area contributed by atoms with Gasteiger partial charge in [0.1, 0.15) is 0 Å². The first kappa shape index (κ1) is 21.8. The molecule has 0 radical (unpaired) electrons. The van der Waals surface area contributed by atoms with E-state index in [1.54, 1.807) is 18.2 Å². The van der Waals surface area contributed by atoms with Crippen molar-refractivity contribution in [2.24, 2.45) is 0 Å². The van der Waals surface area contributed by atoms with Crippen LogP contribution in [0.15, 0.2) is 77.7 Å². The van der Waals surface area contributed by atoms with E-state index in [1.165, 1.54) is 11.8 Å². The van der Waals surface area contributed by atoms with Gasteiger partial charge in [-0.05, 0) is 42.3 Å². The number of carbonyl (C=O) groups is 2. The van der Waals surface area contributed by atoms with E-state index in [0.717, 1.165) is 10.5 Å². The number of hydrogen-bond acceptors (Lipinski definition) is 5. The van der Waals surface area contributed by atoms with Gasteiger partial charge in [-0.2, -0.15) is 0 Å². The second kappa shape index (κ2) is 10.2. The van der Waals surface area contributed by atoms with Crippen molar-refractivity contribution in [3.05, 3.63) is 78.4 Å². The van der Waals surface area contributed by atoms with Crippen LogP contribution in [0.2, 0.25) is 0 Å². The monoisotopic (exact) mass is 448 g/mol. The van der Waals surface area contributed by atoms with Gasteiger partial charge in [-0.15, -0.1) is 11.8 Å². The molecule has 1 atom stereocenters. The van der Waals surface area contributed by atoms with Crippen molar-refractivity contribution in [1.29, 1.82) is 0 Å². The largest absolute Gasteiger partial charge is 0.454 e. The first-order valence-corrected chi connectivity index (χ1v) is 11.3. The van der Waals surface area contributed by atoms with Crippen LogP contribution in [0.3, 0.4) is 0 Å². The van der Waals surface area contributed by atoms with Crippen LogP contribution in [0, 0.1) is 0 Å². The van der Waals surface area contributed by atoms with E-state index < -0.39 is 0 Å². The summed E-state index contributed by atoms with van der Waals surface area (Å²) in [5.41, 5.74) is 2.34. The second-order valence-corrected chi connectivity index (χ2v) is 8.59. The zero-order valence-electron chi connectivity index (χ0n) is 17.7. The molecule has 2 amide bonds. The lowest BCUT2D eigenvalue weighted by molar-refractivity contribution is -0.116. The van der Waals surface area contributed by atoms with Crippen LogP contribution < -0.4 is 20.1 Å². The minimum atomic E-state index is -0.282. The van der Waals surface area contributed by atoms with Gasteiger partial charge in [0, 0.05) is 22.3 Å². The third kappa shape index (κ3) is 5.62. The average molecular weight is 449 g/mol. The molecule has 0 saturated heterocycles. The predicted octanol–water partition coefficient (Wildman–Crippen LogP) is 5.11. The molecule has 1 aliphatic heterocycles. The Hall–Kier alpha value is -3.45. The van der Waals surface area contributed by atoms with E-state index in [4.69, 9.17) is 9.47 Å². The molecule has 6 nitrogen and oxygen atoms in total. The van der Waals surface area contributed by atoms with Crippen molar-refractivity contribution in [1.82, 2.24) is 0 Å². The Balaban J connectivity index is 1.36. The van der Waals surface area contributed by atoms with Gasteiger partial charge in [-0.25, -0.2) is 0 Å². The smallest absolute Gasteiger partial charge is 0.237 e. The Bertz CT molecular complexity index is 1100. The Morgan fingerprint density at radius 3 is 2.50 bits per heavy atom. The van der Waals surface area contributed by atoms with E-state index in [9.17, 15) is 9.59 Å². The van der Waals surface area contributed by atoms with Crippen molar-refractivity contribution >= 4 is 35.0 Å². The molecule has 1 heterocycles. The number of anilines is 2. The maximum atomic E-state index is 12.8. The van der Waals surface area contributed by atoms with Crippen LogP contribution in [0.1, 0.15) is 18.9 Å². The number of benzene rings is 3. The zero-order valence-corrected chi connectivity index (χ0v) is 18.5. The predicted molar refractivity (Wildman–Crippen MR) is 126 cm³/mol. The summed E-state index contributed by atoms with van der Waals surface area (Å²) in [5.74, 6) is 1.14. The van der Waals surface area contributed by atoms with Crippen LogP contribution in [0.5, 0.6) is 11.5 Å². The van der Waals surface area contributed by atoms with Gasteiger partial charge in [0.2, 0.25) is 18.6 Å². The van der Waals surface area contributed by atoms with Gasteiger partial charge in [0.05, 0.1) is 11.7 Å². The molecule has 0 aromatic heterocycles. The van der Waals surface area contributed by atoms with Gasteiger partial charge in [-0.1, -0.05) is 43.3 Å². The topological polar surface area (TPSA) is 76.7 Å². The minimum absolute atomic E-state index is 0.0778. The highest BCUT2D eigenvalue weighted by Gasteiger charge is 2.20. The molecule has 164 valence electrons. The van der Waals surface area contributed by atoms with E-state index in [1.807, 2.05) is 61.5 Å². The Morgan fingerprint density at radius 1 is 0.906 bits per heavy atom. The highest BCUT2D eigenvalue weighted by Crippen LogP contribution is 2.35. The number of ether oxygens (including phenoxy) is 2. The molecule has 0 saturated carbocycles. The number of thioether (sulfide) groups is 1. The number of carbonyl (C=O) groups excluding carboxylic acids is 2. The maximum absolute atomic E-state index is 12.8. The highest BCUT2D eigenvalue weighted by atomic mass is 32.2. The molecule has 1 unspecified atom stereocenters. The van der Waals surface area contributed by atoms with Crippen molar-refractivity contribution in [3.8, 4) is 11.5 Å². The minimum Gasteiger partial charge on any atom is -0.454 e. The van der Waals surface area contributed by atoms with Crippen molar-refractivity contribution in [2.45, 2.75) is 29.9 Å². The first-order valence-electron chi connectivity index (χ1n) is 10.4. The van der Waals surface area contributed by atoms with Crippen LogP contribution in [-0.4, -0.2) is 23.9 Å². The number of hydrogen-bond donors (Lipinski definition) is 2. The second-order valence-electron chi connectivity index (χ2n) is 7.31. The van der Waals surface area contributed by atoms with Gasteiger partial charge >= 0.3 is 0 Å². The summed E-state index contributed by atoms with van der Waals surface area (Å²) >= 11 is 1.47. The molecule has 4 rings (SSSR count). The summed E-state index contributed by atoms with van der Waals surface area (Å²) in [7, 11) is 0. The molecule has 0 aliphatic carbocycles. The lowest BCUT2D eigenvalue weighted by Gasteiger charge is -2.16. The maximum Gasteiger partial charge on any atom is 0.237 e. The van der Waals surface area contributed by atoms with Crippen LogP contribution in [-0.2, 0) is 16.0 Å². The summed E-state index contributed by atoms with van der Waals surface area (Å²) in [4.78, 5) is 26.1. The zero-order chi connectivity index (χ0) is 22.3. The third-order valence-corrected chi connectivity index (χ3v) is 6.26. The van der Waals surface area contributed by atoms with Crippen LogP contribution in [0.25, 0.3) is 0 Å². The molecule has 0 bridgehead atoms. The molecule has 3 aromatic carbocycles. The van der Waals surface area contributed by atoms with Crippen LogP contribution >= 0.6 is 11.8 Å². The van der Waals surface area contributed by atoms with Gasteiger partial charge < -0.3 is 20.1 Å². The quantitative estimate of drug-likeness (QED) is 0.469. The lowest BCUT2D eigenvalue weighted by Crippen LogP contribution is -2.24. The Morgan fingerprint density at radius 2 is 1.69 bits per heavy atom. The molecule has 1 aliphatic rings. The molecule has 3 aromatic rings. The number of amides is 2. The highest BCUT2D eigenvalue weighted by molar-refractivity contribution is 8.00. The molecule has 0 spiro atoms. The third-order valence-electron chi connectivity index (χ3n) is 4.91. The van der Waals surface area contributed by atoms with E-state index in [-0.39, 0.29) is 23.9 Å². The number of fused-ring (bicyclic) bond motifs is 1. The number of rotatable bonds is 8. The van der Waals surface area contributed by atoms with E-state index in [0.29, 0.717) is 35.7 Å². The lowest BCUT2D eigenvalue weighted by atomic mass is 10.1.